The number of aliphatic hydroxyl groups excluding tert-OH is 1. The number of carbonyl (C=O) groups excluding carboxylic acids is 1. The van der Waals surface area contributed by atoms with E-state index in [9.17, 15) is 4.79 Å². The second-order valence-electron chi connectivity index (χ2n) is 4.84. The van der Waals surface area contributed by atoms with E-state index < -0.39 is 0 Å². The maximum atomic E-state index is 11.6. The maximum Gasteiger partial charge on any atom is 0.234 e. The van der Waals surface area contributed by atoms with Gasteiger partial charge in [-0.05, 0) is 26.2 Å². The molecule has 16 heavy (non-hydrogen) atoms. The first-order valence-electron chi connectivity index (χ1n) is 6.09. The topological polar surface area (TPSA) is 52.6 Å². The number of hydrogen-bond acceptors (Lipinski definition) is 3. The Kier molecular flexibility index (Phi) is 8.21. The van der Waals surface area contributed by atoms with Crippen molar-refractivity contribution >= 4 is 5.91 Å². The third kappa shape index (κ3) is 7.65. The molecule has 96 valence electrons. The van der Waals surface area contributed by atoms with E-state index in [1.807, 2.05) is 0 Å². The summed E-state index contributed by atoms with van der Waals surface area (Å²) in [5, 5.41) is 11.7. The van der Waals surface area contributed by atoms with Crippen LogP contribution in [0.1, 0.15) is 34.1 Å². The molecule has 0 bridgehead atoms. The number of nitrogens with one attached hydrogen (secondary N) is 1. The van der Waals surface area contributed by atoms with E-state index in [2.05, 4.69) is 37.9 Å². The molecule has 1 amide bonds. The fourth-order valence-corrected chi connectivity index (χ4v) is 1.35. The van der Waals surface area contributed by atoms with Crippen molar-refractivity contribution < 1.29 is 9.90 Å². The molecule has 0 aliphatic heterocycles. The van der Waals surface area contributed by atoms with E-state index in [-0.39, 0.29) is 12.5 Å². The molecule has 0 aromatic rings. The van der Waals surface area contributed by atoms with Crippen molar-refractivity contribution in [3.05, 3.63) is 0 Å². The minimum Gasteiger partial charge on any atom is -0.396 e. The Morgan fingerprint density at radius 2 is 1.94 bits per heavy atom. The monoisotopic (exact) mass is 230 g/mol. The van der Waals surface area contributed by atoms with Gasteiger partial charge in [-0.2, -0.15) is 0 Å². The first kappa shape index (κ1) is 15.4. The summed E-state index contributed by atoms with van der Waals surface area (Å²) in [7, 11) is 0. The zero-order chi connectivity index (χ0) is 12.6. The standard InChI is InChI=1S/C12H26N2O2/c1-10(2)8-13-12(16)9-14(11(3)4)6-5-7-15/h10-11,15H,5-9H2,1-4H3,(H,13,16). The van der Waals surface area contributed by atoms with Gasteiger partial charge in [-0.1, -0.05) is 13.8 Å². The highest BCUT2D eigenvalue weighted by atomic mass is 16.3. The van der Waals surface area contributed by atoms with Crippen molar-refractivity contribution in [1.29, 1.82) is 0 Å². The second-order valence-corrected chi connectivity index (χ2v) is 4.84. The molecule has 0 atom stereocenters. The van der Waals surface area contributed by atoms with Crippen LogP contribution in [0.5, 0.6) is 0 Å². The summed E-state index contributed by atoms with van der Waals surface area (Å²) in [5.74, 6) is 0.550. The fraction of sp³-hybridized carbons (Fsp3) is 0.917. The normalized spacial score (nSPS) is 11.5. The van der Waals surface area contributed by atoms with Crippen molar-refractivity contribution in [2.45, 2.75) is 40.2 Å². The quantitative estimate of drug-likeness (QED) is 0.650. The van der Waals surface area contributed by atoms with Gasteiger partial charge in [-0.25, -0.2) is 0 Å². The molecule has 0 fully saturated rings. The van der Waals surface area contributed by atoms with Gasteiger partial charge in [0.2, 0.25) is 5.91 Å². The summed E-state index contributed by atoms with van der Waals surface area (Å²) in [6.45, 7) is 10.4. The van der Waals surface area contributed by atoms with Crippen LogP contribution in [0.4, 0.5) is 0 Å². The molecule has 0 aromatic heterocycles. The van der Waals surface area contributed by atoms with Gasteiger partial charge in [0.1, 0.15) is 0 Å². The van der Waals surface area contributed by atoms with Crippen LogP contribution in [0.25, 0.3) is 0 Å². The number of amides is 1. The third-order valence-electron chi connectivity index (χ3n) is 2.39. The van der Waals surface area contributed by atoms with Crippen molar-refractivity contribution in [3.63, 3.8) is 0 Å². The summed E-state index contributed by atoms with van der Waals surface area (Å²) in [6, 6.07) is 0.330. The van der Waals surface area contributed by atoms with Crippen LogP contribution in [0, 0.1) is 5.92 Å². The van der Waals surface area contributed by atoms with E-state index in [1.54, 1.807) is 0 Å². The molecular weight excluding hydrogens is 204 g/mol. The molecule has 0 aromatic carbocycles. The summed E-state index contributed by atoms with van der Waals surface area (Å²) in [4.78, 5) is 13.7. The summed E-state index contributed by atoms with van der Waals surface area (Å²) in [6.07, 6.45) is 0.718. The first-order valence-corrected chi connectivity index (χ1v) is 6.09. The highest BCUT2D eigenvalue weighted by Crippen LogP contribution is 1.99. The van der Waals surface area contributed by atoms with Gasteiger partial charge in [0.15, 0.2) is 0 Å². The number of aliphatic hydroxyl groups is 1. The molecule has 0 saturated carbocycles. The summed E-state index contributed by atoms with van der Waals surface area (Å²) in [5.41, 5.74) is 0. The largest absolute Gasteiger partial charge is 0.396 e. The van der Waals surface area contributed by atoms with Crippen LogP contribution in [-0.4, -0.2) is 48.2 Å². The molecule has 0 spiro atoms. The van der Waals surface area contributed by atoms with Gasteiger partial charge in [0.05, 0.1) is 6.54 Å². The molecule has 4 heteroatoms. The first-order chi connectivity index (χ1) is 7.47. The molecule has 0 unspecified atom stereocenters. The van der Waals surface area contributed by atoms with E-state index in [1.165, 1.54) is 0 Å². The second kappa shape index (κ2) is 8.53. The highest BCUT2D eigenvalue weighted by Gasteiger charge is 2.13. The molecule has 0 heterocycles. The van der Waals surface area contributed by atoms with E-state index in [0.29, 0.717) is 18.5 Å². The zero-order valence-corrected chi connectivity index (χ0v) is 11.0. The van der Waals surface area contributed by atoms with Gasteiger partial charge in [0.25, 0.3) is 0 Å². The minimum atomic E-state index is 0.0698. The molecular formula is C12H26N2O2. The lowest BCUT2D eigenvalue weighted by Gasteiger charge is -2.25. The lowest BCUT2D eigenvalue weighted by Crippen LogP contribution is -2.42. The third-order valence-corrected chi connectivity index (χ3v) is 2.39. The van der Waals surface area contributed by atoms with Crippen molar-refractivity contribution in [1.82, 2.24) is 10.2 Å². The molecule has 2 N–H and O–H groups in total. The van der Waals surface area contributed by atoms with Crippen molar-refractivity contribution in [2.75, 3.05) is 26.2 Å². The number of hydrogen-bond donors (Lipinski definition) is 2. The smallest absolute Gasteiger partial charge is 0.234 e. The van der Waals surface area contributed by atoms with Crippen molar-refractivity contribution in [2.24, 2.45) is 5.92 Å². The summed E-state index contributed by atoms with van der Waals surface area (Å²) >= 11 is 0. The number of carbonyl (C=O) groups is 1. The molecule has 0 aliphatic carbocycles. The van der Waals surface area contributed by atoms with E-state index in [4.69, 9.17) is 5.11 Å². The maximum absolute atomic E-state index is 11.6. The Morgan fingerprint density at radius 1 is 1.31 bits per heavy atom. The SMILES string of the molecule is CC(C)CNC(=O)CN(CCCO)C(C)C. The Balaban J connectivity index is 3.93. The fourth-order valence-electron chi connectivity index (χ4n) is 1.35. The van der Waals surface area contributed by atoms with Crippen LogP contribution >= 0.6 is 0 Å². The Hall–Kier alpha value is -0.610. The van der Waals surface area contributed by atoms with Gasteiger partial charge in [0, 0.05) is 25.7 Å². The average molecular weight is 230 g/mol. The molecule has 0 radical (unpaired) electrons. The van der Waals surface area contributed by atoms with Gasteiger partial charge in [-0.15, -0.1) is 0 Å². The lowest BCUT2D eigenvalue weighted by atomic mass is 10.2. The average Bonchev–Trinajstić information content (AvgIpc) is 2.20. The van der Waals surface area contributed by atoms with Gasteiger partial charge < -0.3 is 10.4 Å². The van der Waals surface area contributed by atoms with Gasteiger partial charge >= 0.3 is 0 Å². The summed E-state index contributed by atoms with van der Waals surface area (Å²) < 4.78 is 0. The Bertz CT molecular complexity index is 193. The van der Waals surface area contributed by atoms with Crippen LogP contribution in [0.15, 0.2) is 0 Å². The zero-order valence-electron chi connectivity index (χ0n) is 11.0. The minimum absolute atomic E-state index is 0.0698. The van der Waals surface area contributed by atoms with Crippen LogP contribution in [0.2, 0.25) is 0 Å². The Morgan fingerprint density at radius 3 is 2.38 bits per heavy atom. The predicted molar refractivity (Wildman–Crippen MR) is 66.3 cm³/mol. The lowest BCUT2D eigenvalue weighted by molar-refractivity contribution is -0.122. The highest BCUT2D eigenvalue weighted by molar-refractivity contribution is 5.78. The van der Waals surface area contributed by atoms with E-state index >= 15 is 0 Å². The molecule has 0 aliphatic rings. The number of rotatable bonds is 8. The van der Waals surface area contributed by atoms with Gasteiger partial charge in [-0.3, -0.25) is 9.69 Å². The Labute approximate surface area is 99.0 Å². The van der Waals surface area contributed by atoms with Crippen LogP contribution in [-0.2, 0) is 4.79 Å². The van der Waals surface area contributed by atoms with Crippen LogP contribution in [0.3, 0.4) is 0 Å². The van der Waals surface area contributed by atoms with Crippen molar-refractivity contribution in [3.8, 4) is 0 Å². The van der Waals surface area contributed by atoms with E-state index in [0.717, 1.165) is 19.5 Å². The molecule has 4 nitrogen and oxygen atoms in total. The predicted octanol–water partition coefficient (Wildman–Crippen LogP) is 0.851. The molecule has 0 rings (SSSR count). The van der Waals surface area contributed by atoms with Crippen LogP contribution < -0.4 is 5.32 Å². The molecule has 0 saturated heterocycles. The number of nitrogens with zero attached hydrogens (tertiary/aromatic N) is 1.